The molecule has 6 nitrogen and oxygen atoms in total. The number of carbonyl (C=O) groups excluding carboxylic acids is 1. The predicted molar refractivity (Wildman–Crippen MR) is 97.6 cm³/mol. The van der Waals surface area contributed by atoms with Crippen molar-refractivity contribution in [1.82, 2.24) is 4.90 Å². The van der Waals surface area contributed by atoms with Crippen LogP contribution in [0.15, 0.2) is 47.4 Å². The van der Waals surface area contributed by atoms with Crippen LogP contribution >= 0.6 is 0 Å². The zero-order valence-electron chi connectivity index (χ0n) is 15.4. The molecule has 0 bridgehead atoms. The number of likely N-dealkylation sites (N-methyl/N-ethyl adjacent to an activating group) is 1. The van der Waals surface area contributed by atoms with Crippen LogP contribution < -0.4 is 9.46 Å². The summed E-state index contributed by atoms with van der Waals surface area (Å²) < 4.78 is 70.3. The van der Waals surface area contributed by atoms with Crippen molar-refractivity contribution in [2.24, 2.45) is 0 Å². The third-order valence-corrected chi connectivity index (χ3v) is 5.15. The van der Waals surface area contributed by atoms with Gasteiger partial charge in [0.2, 0.25) is 0 Å². The Kier molecular flexibility index (Phi) is 6.23. The number of hydrogen-bond donors (Lipinski definition) is 1. The lowest BCUT2D eigenvalue weighted by Crippen LogP contribution is -2.27. The highest BCUT2D eigenvalue weighted by Crippen LogP contribution is 2.30. The summed E-state index contributed by atoms with van der Waals surface area (Å²) in [5.74, 6) is 0.101. The molecule has 0 aromatic heterocycles. The molecular formula is C18H19F3N2O4S. The molecular weight excluding hydrogens is 397 g/mol. The summed E-state index contributed by atoms with van der Waals surface area (Å²) >= 11 is 0. The summed E-state index contributed by atoms with van der Waals surface area (Å²) in [5.41, 5.74) is -0.385. The van der Waals surface area contributed by atoms with Crippen LogP contribution in [0.4, 0.5) is 18.9 Å². The second-order valence-electron chi connectivity index (χ2n) is 6.18. The Morgan fingerprint density at radius 2 is 1.71 bits per heavy atom. The molecule has 0 fully saturated rings. The van der Waals surface area contributed by atoms with Gasteiger partial charge in [-0.3, -0.25) is 9.52 Å². The number of benzene rings is 2. The fraction of sp³-hybridized carbons (Fsp3) is 0.278. The van der Waals surface area contributed by atoms with Crippen LogP contribution in [0.2, 0.25) is 0 Å². The highest BCUT2D eigenvalue weighted by atomic mass is 32.2. The van der Waals surface area contributed by atoms with E-state index in [0.29, 0.717) is 11.3 Å². The molecule has 0 aliphatic heterocycles. The van der Waals surface area contributed by atoms with E-state index in [1.807, 2.05) is 0 Å². The normalized spacial score (nSPS) is 11.8. The lowest BCUT2D eigenvalue weighted by molar-refractivity contribution is -0.137. The van der Waals surface area contributed by atoms with Crippen LogP contribution in [0, 0.1) is 6.92 Å². The number of nitrogens with zero attached hydrogens (tertiary/aromatic N) is 1. The Morgan fingerprint density at radius 3 is 2.21 bits per heavy atom. The van der Waals surface area contributed by atoms with E-state index in [4.69, 9.17) is 4.74 Å². The van der Waals surface area contributed by atoms with E-state index in [1.54, 1.807) is 21.0 Å². The average molecular weight is 416 g/mol. The first-order chi connectivity index (χ1) is 12.9. The Balaban J connectivity index is 2.15. The number of rotatable bonds is 6. The monoisotopic (exact) mass is 416 g/mol. The van der Waals surface area contributed by atoms with Crippen molar-refractivity contribution >= 4 is 21.6 Å². The Hall–Kier alpha value is -2.75. The van der Waals surface area contributed by atoms with Gasteiger partial charge in [0.05, 0.1) is 10.5 Å². The molecule has 2 rings (SSSR count). The largest absolute Gasteiger partial charge is 0.483 e. The SMILES string of the molecule is Cc1cc(S(=O)(=O)Nc2ccc(C(F)(F)F)cc2)ccc1OCC(=O)N(C)C. The fourth-order valence-electron chi connectivity index (χ4n) is 2.16. The van der Waals surface area contributed by atoms with E-state index in [1.165, 1.54) is 23.1 Å². The van der Waals surface area contributed by atoms with Gasteiger partial charge in [0.15, 0.2) is 6.61 Å². The molecule has 2 aromatic carbocycles. The molecule has 0 radical (unpaired) electrons. The van der Waals surface area contributed by atoms with Crippen LogP contribution in [0.5, 0.6) is 5.75 Å². The van der Waals surface area contributed by atoms with Crippen LogP contribution in [0.3, 0.4) is 0 Å². The Morgan fingerprint density at radius 1 is 1.11 bits per heavy atom. The van der Waals surface area contributed by atoms with Crippen molar-refractivity contribution in [2.45, 2.75) is 18.0 Å². The van der Waals surface area contributed by atoms with E-state index in [2.05, 4.69) is 4.72 Å². The molecule has 0 atom stereocenters. The molecule has 0 aliphatic carbocycles. The van der Waals surface area contributed by atoms with Crippen molar-refractivity contribution in [1.29, 1.82) is 0 Å². The third kappa shape index (κ3) is 5.38. The number of aryl methyl sites for hydroxylation is 1. The van der Waals surface area contributed by atoms with E-state index < -0.39 is 21.8 Å². The molecule has 10 heteroatoms. The van der Waals surface area contributed by atoms with Gasteiger partial charge in [-0.15, -0.1) is 0 Å². The number of hydrogen-bond acceptors (Lipinski definition) is 4. The molecule has 1 amide bonds. The maximum absolute atomic E-state index is 12.6. The van der Waals surface area contributed by atoms with Crippen LogP contribution in [-0.4, -0.2) is 39.9 Å². The standard InChI is InChI=1S/C18H19F3N2O4S/c1-12-10-15(8-9-16(12)27-11-17(24)23(2)3)28(25,26)22-14-6-4-13(5-7-14)18(19,20)21/h4-10,22H,11H2,1-3H3. The Labute approximate surface area is 161 Å². The number of carbonyl (C=O) groups is 1. The molecule has 1 N–H and O–H groups in total. The fourth-order valence-corrected chi connectivity index (χ4v) is 3.30. The van der Waals surface area contributed by atoms with Gasteiger partial charge in [-0.1, -0.05) is 0 Å². The van der Waals surface area contributed by atoms with Gasteiger partial charge in [0, 0.05) is 19.8 Å². The highest BCUT2D eigenvalue weighted by Gasteiger charge is 2.30. The van der Waals surface area contributed by atoms with Crippen LogP contribution in [0.25, 0.3) is 0 Å². The smallest absolute Gasteiger partial charge is 0.416 e. The zero-order valence-corrected chi connectivity index (χ0v) is 16.2. The Bertz CT molecular complexity index is 956. The lowest BCUT2D eigenvalue weighted by atomic mass is 10.2. The molecule has 0 saturated heterocycles. The summed E-state index contributed by atoms with van der Waals surface area (Å²) in [6.45, 7) is 1.43. The summed E-state index contributed by atoms with van der Waals surface area (Å²) in [7, 11) is -0.839. The van der Waals surface area contributed by atoms with E-state index >= 15 is 0 Å². The van der Waals surface area contributed by atoms with Gasteiger partial charge in [-0.2, -0.15) is 13.2 Å². The number of nitrogens with one attached hydrogen (secondary N) is 1. The van der Waals surface area contributed by atoms with Gasteiger partial charge in [0.25, 0.3) is 15.9 Å². The van der Waals surface area contributed by atoms with Gasteiger partial charge < -0.3 is 9.64 Å². The minimum absolute atomic E-state index is 0.00237. The average Bonchev–Trinajstić information content (AvgIpc) is 2.59. The molecule has 2 aromatic rings. The molecule has 0 saturated carbocycles. The maximum atomic E-state index is 12.6. The van der Waals surface area contributed by atoms with Crippen molar-refractivity contribution in [3.63, 3.8) is 0 Å². The number of alkyl halides is 3. The number of ether oxygens (including phenoxy) is 1. The predicted octanol–water partition coefficient (Wildman–Crippen LogP) is 3.28. The number of sulfonamides is 1. The highest BCUT2D eigenvalue weighted by molar-refractivity contribution is 7.92. The number of anilines is 1. The second kappa shape index (κ2) is 8.09. The van der Waals surface area contributed by atoms with Crippen LogP contribution in [-0.2, 0) is 21.0 Å². The topological polar surface area (TPSA) is 75.7 Å². The summed E-state index contributed by atoms with van der Waals surface area (Å²) in [5, 5.41) is 0. The summed E-state index contributed by atoms with van der Waals surface area (Å²) in [6, 6.07) is 7.72. The molecule has 0 heterocycles. The quantitative estimate of drug-likeness (QED) is 0.784. The van der Waals surface area contributed by atoms with E-state index in [9.17, 15) is 26.4 Å². The number of halogens is 3. The molecule has 0 unspecified atom stereocenters. The van der Waals surface area contributed by atoms with E-state index in [-0.39, 0.29) is 23.1 Å². The minimum atomic E-state index is -4.50. The van der Waals surface area contributed by atoms with Gasteiger partial charge in [-0.25, -0.2) is 8.42 Å². The number of amides is 1. The van der Waals surface area contributed by atoms with Crippen molar-refractivity contribution in [2.75, 3.05) is 25.4 Å². The molecule has 0 spiro atoms. The lowest BCUT2D eigenvalue weighted by Gasteiger charge is -2.14. The maximum Gasteiger partial charge on any atom is 0.416 e. The summed E-state index contributed by atoms with van der Waals surface area (Å²) in [4.78, 5) is 12.8. The van der Waals surface area contributed by atoms with Crippen molar-refractivity contribution in [3.8, 4) is 5.75 Å². The first-order valence-electron chi connectivity index (χ1n) is 8.04. The van der Waals surface area contributed by atoms with Crippen molar-refractivity contribution < 1.29 is 31.1 Å². The molecule has 0 aliphatic rings. The molecule has 28 heavy (non-hydrogen) atoms. The first kappa shape index (κ1) is 21.5. The molecule has 152 valence electrons. The van der Waals surface area contributed by atoms with Crippen LogP contribution in [0.1, 0.15) is 11.1 Å². The van der Waals surface area contributed by atoms with Crippen molar-refractivity contribution in [3.05, 3.63) is 53.6 Å². The zero-order chi connectivity index (χ0) is 21.1. The van der Waals surface area contributed by atoms with Gasteiger partial charge >= 0.3 is 6.18 Å². The van der Waals surface area contributed by atoms with Gasteiger partial charge in [0.1, 0.15) is 5.75 Å². The minimum Gasteiger partial charge on any atom is -0.483 e. The third-order valence-electron chi connectivity index (χ3n) is 3.77. The summed E-state index contributed by atoms with van der Waals surface area (Å²) in [6.07, 6.45) is -4.50. The second-order valence-corrected chi connectivity index (χ2v) is 7.87. The van der Waals surface area contributed by atoms with E-state index in [0.717, 1.165) is 24.3 Å². The van der Waals surface area contributed by atoms with Gasteiger partial charge in [-0.05, 0) is 55.0 Å². The first-order valence-corrected chi connectivity index (χ1v) is 9.52.